The summed E-state index contributed by atoms with van der Waals surface area (Å²) in [7, 11) is 6.77. The Morgan fingerprint density at radius 2 is 0.820 bits per heavy atom. The molecule has 0 spiro atoms. The fourth-order valence-corrected chi connectivity index (χ4v) is 14.8. The van der Waals surface area contributed by atoms with Crippen LogP contribution in [-0.4, -0.2) is 90.4 Å². The topological polar surface area (TPSA) is 190 Å². The summed E-state index contributed by atoms with van der Waals surface area (Å²) in [5.41, 5.74) is 13.7. The van der Waals surface area contributed by atoms with E-state index in [0.717, 1.165) is 144 Å². The number of rotatable bonds is 14. The lowest BCUT2D eigenvalue weighted by Crippen LogP contribution is -2.16. The zero-order valence-electron chi connectivity index (χ0n) is 63.3. The van der Waals surface area contributed by atoms with Crippen LogP contribution in [0.3, 0.4) is 0 Å². The van der Waals surface area contributed by atoms with Gasteiger partial charge in [-0.15, -0.1) is 45.3 Å². The third-order valence-electron chi connectivity index (χ3n) is 16.5. The van der Waals surface area contributed by atoms with E-state index in [1.807, 2.05) is 48.7 Å². The van der Waals surface area contributed by atoms with Crippen molar-refractivity contribution >= 4 is 99.0 Å². The molecule has 20 heteroatoms. The van der Waals surface area contributed by atoms with Gasteiger partial charge < -0.3 is 29.6 Å². The largest absolute Gasteiger partial charge is 0.497 e. The number of fused-ring (bicyclic) bond motifs is 4. The number of aromatic nitrogens is 10. The lowest BCUT2D eigenvalue weighted by Gasteiger charge is -2.22. The Balaban J connectivity index is 0.000000156. The predicted octanol–water partition coefficient (Wildman–Crippen LogP) is 22.0. The van der Waals surface area contributed by atoms with Gasteiger partial charge in [-0.25, -0.2) is 49.8 Å². The molecule has 0 amide bonds. The summed E-state index contributed by atoms with van der Waals surface area (Å²) >= 11 is 6.46. The fourth-order valence-electron chi connectivity index (χ4n) is 11.3. The molecule has 0 aliphatic rings. The minimum absolute atomic E-state index is 0.0482. The first-order chi connectivity index (χ1) is 47.0. The van der Waals surface area contributed by atoms with E-state index in [1.54, 1.807) is 73.8 Å². The van der Waals surface area contributed by atoms with E-state index in [9.17, 15) is 0 Å². The van der Waals surface area contributed by atoms with Crippen molar-refractivity contribution in [2.45, 2.75) is 198 Å². The Hall–Kier alpha value is -8.30. The molecule has 0 bridgehead atoms. The maximum absolute atomic E-state index is 5.53. The molecule has 4 aromatic carbocycles. The smallest absolute Gasteiger partial charge is 0.189 e. The Morgan fingerprint density at radius 3 is 1.36 bits per heavy atom. The van der Waals surface area contributed by atoms with Gasteiger partial charge in [-0.05, 0) is 136 Å². The molecule has 8 heterocycles. The number of nitrogens with zero attached hydrogens (tertiary/aromatic N) is 10. The van der Waals surface area contributed by atoms with Gasteiger partial charge in [0.05, 0.1) is 85.0 Å². The molecule has 0 unspecified atom stereocenters. The molecule has 0 radical (unpaired) electrons. The van der Waals surface area contributed by atoms with Crippen LogP contribution in [0.5, 0.6) is 23.0 Å². The van der Waals surface area contributed by atoms with Crippen LogP contribution in [-0.2, 0) is 21.7 Å². The first-order valence-corrected chi connectivity index (χ1v) is 37.6. The SMILES string of the molecule is COc1ccc2c(C(C)(C)C)nc(-c3csc(NC(C)C)n3)cc2c1.COc1ccc2c(C(C)(C)C)nc(-c3csc(NC(C)C)n3)nc2c1.COc1ccc2c(C(C)(C)C)nc(-c3nc(C(C)C)cs3)cc2c1C.COc1ccc2c(C(C)(C)C)nc(-c3nc(C(C)C)cs3)nc2c1C. The van der Waals surface area contributed by atoms with Gasteiger partial charge in [-0.3, -0.25) is 0 Å². The van der Waals surface area contributed by atoms with Crippen LogP contribution in [0.1, 0.15) is 196 Å². The molecule has 0 fully saturated rings. The van der Waals surface area contributed by atoms with Gasteiger partial charge in [-0.2, -0.15) is 0 Å². The van der Waals surface area contributed by atoms with Crippen LogP contribution in [0.15, 0.2) is 94.3 Å². The normalized spacial score (nSPS) is 12.1. The van der Waals surface area contributed by atoms with Gasteiger partial charge >= 0.3 is 0 Å². The van der Waals surface area contributed by atoms with Crippen LogP contribution >= 0.6 is 45.3 Å². The van der Waals surface area contributed by atoms with E-state index >= 15 is 0 Å². The number of nitrogens with one attached hydrogen (secondary N) is 2. The second-order valence-corrected chi connectivity index (χ2v) is 33.8. The van der Waals surface area contributed by atoms with E-state index in [-0.39, 0.29) is 21.7 Å². The third-order valence-corrected chi connectivity index (χ3v) is 19.8. The van der Waals surface area contributed by atoms with Crippen LogP contribution in [0.25, 0.3) is 87.8 Å². The fraction of sp³-hybridized carbons (Fsp3) is 0.425. The summed E-state index contributed by atoms with van der Waals surface area (Å²) < 4.78 is 21.8. The highest BCUT2D eigenvalue weighted by atomic mass is 32.1. The molecule has 12 aromatic rings. The molecule has 8 aromatic heterocycles. The molecule has 12 rings (SSSR count). The summed E-state index contributed by atoms with van der Waals surface area (Å²) in [6.07, 6.45) is 0. The van der Waals surface area contributed by atoms with Gasteiger partial charge in [0, 0.05) is 88.4 Å². The second kappa shape index (κ2) is 30.9. The number of benzene rings is 4. The van der Waals surface area contributed by atoms with Crippen molar-refractivity contribution in [3.63, 3.8) is 0 Å². The van der Waals surface area contributed by atoms with Crippen molar-refractivity contribution in [2.24, 2.45) is 0 Å². The van der Waals surface area contributed by atoms with Crippen LogP contribution in [0, 0.1) is 13.8 Å². The monoisotopic (exact) mass is 1420 g/mol. The maximum Gasteiger partial charge on any atom is 0.189 e. The number of ether oxygens (including phenoxy) is 4. The molecule has 2 N–H and O–H groups in total. The minimum Gasteiger partial charge on any atom is -0.497 e. The van der Waals surface area contributed by atoms with E-state index in [4.69, 9.17) is 63.8 Å². The zero-order valence-corrected chi connectivity index (χ0v) is 66.6. The molecular formula is C80H100N12O4S4. The first-order valence-electron chi connectivity index (χ1n) is 34.1. The van der Waals surface area contributed by atoms with Crippen molar-refractivity contribution in [2.75, 3.05) is 39.1 Å². The Labute approximate surface area is 607 Å². The van der Waals surface area contributed by atoms with Crippen LogP contribution < -0.4 is 29.6 Å². The van der Waals surface area contributed by atoms with Gasteiger partial charge in [0.25, 0.3) is 0 Å². The average molecular weight is 1420 g/mol. The van der Waals surface area contributed by atoms with E-state index in [1.165, 1.54) is 10.8 Å². The molecule has 0 atom stereocenters. The predicted molar refractivity (Wildman–Crippen MR) is 423 cm³/mol. The van der Waals surface area contributed by atoms with Gasteiger partial charge in [0.15, 0.2) is 26.9 Å². The summed E-state index contributed by atoms with van der Waals surface area (Å²) in [6, 6.07) is 25.3. The molecule has 100 heavy (non-hydrogen) atoms. The molecule has 0 aliphatic carbocycles. The minimum atomic E-state index is -0.0977. The second-order valence-electron chi connectivity index (χ2n) is 30.4. The van der Waals surface area contributed by atoms with E-state index < -0.39 is 0 Å². The highest BCUT2D eigenvalue weighted by Gasteiger charge is 2.28. The molecule has 0 saturated heterocycles. The van der Waals surface area contributed by atoms with Crippen molar-refractivity contribution < 1.29 is 18.9 Å². The van der Waals surface area contributed by atoms with Crippen LogP contribution in [0.4, 0.5) is 10.3 Å². The van der Waals surface area contributed by atoms with Crippen molar-refractivity contribution in [1.82, 2.24) is 49.8 Å². The Morgan fingerprint density at radius 1 is 0.360 bits per heavy atom. The number of hydrogen-bond donors (Lipinski definition) is 2. The van der Waals surface area contributed by atoms with E-state index in [2.05, 4.69) is 214 Å². The molecule has 0 saturated carbocycles. The standard InChI is InChI=1S/C21H26N2OS.2C20H25N3OS.C19H24N4OS/c1-12(2)17-11-25-20(23-17)16-10-15-13(3)18(24-7)9-8-14(15)19(22-16)21(4,5)6;1-11(2)14-10-25-19(21-14)18-22-16-12(3)15(24-7)9-8-13(16)17(23-18)20(4,5)6;1-12(2)21-19-23-17(11-25-19)16-10-13-9-14(24-6)7-8-15(13)18(22-16)20(3,4)5;1-11(2)20-18-22-15(10-25-18)17-21-14-9-12(24-6)7-8-13(14)16(23-17)19(3,4)5/h8-12H,1-7H3;8-11H,1-7H3;7-12H,1-6H3,(H,21,23);7-11H,1-6H3,(H,20,22). The highest BCUT2D eigenvalue weighted by Crippen LogP contribution is 2.41. The van der Waals surface area contributed by atoms with Crippen LogP contribution in [0.2, 0.25) is 0 Å². The van der Waals surface area contributed by atoms with Gasteiger partial charge in [0.2, 0.25) is 0 Å². The summed E-state index contributed by atoms with van der Waals surface area (Å²) in [5, 5.41) is 25.4. The van der Waals surface area contributed by atoms with Gasteiger partial charge in [-0.1, -0.05) is 111 Å². The number of anilines is 2. The summed E-state index contributed by atoms with van der Waals surface area (Å²) in [5.74, 6) is 5.57. The lowest BCUT2D eigenvalue weighted by molar-refractivity contribution is 0.412. The van der Waals surface area contributed by atoms with Crippen molar-refractivity contribution in [1.29, 1.82) is 0 Å². The molecular weight excluding hydrogens is 1320 g/mol. The lowest BCUT2D eigenvalue weighted by atomic mass is 9.87. The van der Waals surface area contributed by atoms with Crippen molar-refractivity contribution in [3.8, 4) is 67.4 Å². The number of methoxy groups -OCH3 is 4. The number of aryl methyl sites for hydroxylation is 2. The first kappa shape index (κ1) is 75.9. The number of pyridine rings is 2. The molecule has 528 valence electrons. The summed E-state index contributed by atoms with van der Waals surface area (Å²) in [6.45, 7) is 47.4. The number of hydrogen-bond acceptors (Lipinski definition) is 20. The highest BCUT2D eigenvalue weighted by molar-refractivity contribution is 7.14. The van der Waals surface area contributed by atoms with Gasteiger partial charge in [0.1, 0.15) is 39.4 Å². The molecule has 16 nitrogen and oxygen atoms in total. The molecule has 0 aliphatic heterocycles. The Kier molecular flexibility index (Phi) is 23.4. The number of thiazole rings is 4. The quantitative estimate of drug-likeness (QED) is 0.104. The third kappa shape index (κ3) is 17.7. The Bertz CT molecular complexity index is 4540. The summed E-state index contributed by atoms with van der Waals surface area (Å²) in [4.78, 5) is 48.3. The van der Waals surface area contributed by atoms with E-state index in [0.29, 0.717) is 35.6 Å². The maximum atomic E-state index is 5.53. The average Bonchev–Trinajstić information content (AvgIpc) is 1.10. The van der Waals surface area contributed by atoms with Crippen molar-refractivity contribution in [3.05, 3.63) is 140 Å². The zero-order chi connectivity index (χ0) is 73.1.